The molecule has 3 aromatic carbocycles. The third-order valence-corrected chi connectivity index (χ3v) is 7.70. The van der Waals surface area contributed by atoms with E-state index in [1.807, 2.05) is 30.5 Å². The minimum atomic E-state index is -3.81. The first kappa shape index (κ1) is 23.8. The van der Waals surface area contributed by atoms with Crippen LogP contribution in [0.1, 0.15) is 18.0 Å². The first-order valence-corrected chi connectivity index (χ1v) is 12.6. The molecule has 0 aliphatic heterocycles. The highest BCUT2D eigenvalue weighted by molar-refractivity contribution is 7.98. The summed E-state index contributed by atoms with van der Waals surface area (Å²) in [7, 11) is -0.749. The Morgan fingerprint density at radius 2 is 1.72 bits per heavy atom. The van der Waals surface area contributed by atoms with Crippen molar-refractivity contribution in [2.45, 2.75) is 22.3 Å². The largest absolute Gasteiger partial charge is 0.497 e. The Kier molecular flexibility index (Phi) is 7.95. The van der Waals surface area contributed by atoms with E-state index >= 15 is 0 Å². The molecule has 1 amide bonds. The van der Waals surface area contributed by atoms with Gasteiger partial charge in [-0.05, 0) is 54.3 Å². The van der Waals surface area contributed by atoms with E-state index in [0.717, 1.165) is 4.90 Å². The topological polar surface area (TPSA) is 75.7 Å². The summed E-state index contributed by atoms with van der Waals surface area (Å²) in [5, 5.41) is 2.89. The van der Waals surface area contributed by atoms with Crippen molar-refractivity contribution in [1.82, 2.24) is 4.31 Å². The second kappa shape index (κ2) is 10.7. The van der Waals surface area contributed by atoms with Crippen molar-refractivity contribution in [3.05, 3.63) is 84.4 Å². The zero-order valence-electron chi connectivity index (χ0n) is 18.2. The van der Waals surface area contributed by atoms with Gasteiger partial charge in [-0.1, -0.05) is 36.4 Å². The summed E-state index contributed by atoms with van der Waals surface area (Å²) in [6, 6.07) is 22.1. The summed E-state index contributed by atoms with van der Waals surface area (Å²) in [4.78, 5) is 14.1. The van der Waals surface area contributed by atoms with E-state index in [4.69, 9.17) is 4.74 Å². The predicted molar refractivity (Wildman–Crippen MR) is 129 cm³/mol. The van der Waals surface area contributed by atoms with Crippen LogP contribution in [-0.4, -0.2) is 39.0 Å². The molecule has 0 bridgehead atoms. The molecule has 0 aliphatic rings. The predicted octanol–water partition coefficient (Wildman–Crippen LogP) is 4.81. The highest BCUT2D eigenvalue weighted by Gasteiger charge is 2.31. The first-order chi connectivity index (χ1) is 15.3. The Labute approximate surface area is 193 Å². The van der Waals surface area contributed by atoms with E-state index in [1.165, 1.54) is 11.4 Å². The quantitative estimate of drug-likeness (QED) is 0.454. The molecule has 0 spiro atoms. The van der Waals surface area contributed by atoms with Crippen LogP contribution in [0.4, 0.5) is 5.69 Å². The average Bonchev–Trinajstić information content (AvgIpc) is 2.83. The van der Waals surface area contributed by atoms with Crippen molar-refractivity contribution in [2.75, 3.05) is 25.7 Å². The maximum atomic E-state index is 13.3. The number of carbonyl (C=O) groups excluding carboxylic acids is 1. The van der Waals surface area contributed by atoms with E-state index in [2.05, 4.69) is 5.32 Å². The molecule has 168 valence electrons. The minimum Gasteiger partial charge on any atom is -0.497 e. The van der Waals surface area contributed by atoms with Crippen LogP contribution in [-0.2, 0) is 14.8 Å². The van der Waals surface area contributed by atoms with Crippen LogP contribution < -0.4 is 10.1 Å². The van der Waals surface area contributed by atoms with Crippen molar-refractivity contribution in [2.24, 2.45) is 0 Å². The van der Waals surface area contributed by atoms with Gasteiger partial charge in [-0.2, -0.15) is 4.31 Å². The Morgan fingerprint density at radius 3 is 2.34 bits per heavy atom. The number of methoxy groups -OCH3 is 1. The van der Waals surface area contributed by atoms with Crippen LogP contribution in [0.3, 0.4) is 0 Å². The van der Waals surface area contributed by atoms with Crippen molar-refractivity contribution in [1.29, 1.82) is 0 Å². The second-order valence-electron chi connectivity index (χ2n) is 7.11. The van der Waals surface area contributed by atoms with Crippen LogP contribution in [0, 0.1) is 0 Å². The van der Waals surface area contributed by atoms with Crippen LogP contribution in [0.2, 0.25) is 0 Å². The Balaban J connectivity index is 1.90. The number of hydrogen-bond donors (Lipinski definition) is 1. The molecule has 0 fully saturated rings. The van der Waals surface area contributed by atoms with Gasteiger partial charge in [-0.25, -0.2) is 8.42 Å². The number of sulfonamides is 1. The molecule has 0 saturated heterocycles. The molecule has 0 heterocycles. The molecular weight excluding hydrogens is 444 g/mol. The Bertz CT molecular complexity index is 1150. The lowest BCUT2D eigenvalue weighted by atomic mass is 10.0. The SMILES string of the molecule is COc1ccc([C@H](CC(=O)Nc2cccc(SC)c2)N(C)S(=O)(=O)c2ccccc2)cc1. The zero-order valence-corrected chi connectivity index (χ0v) is 19.8. The van der Waals surface area contributed by atoms with Gasteiger partial charge in [0.05, 0.1) is 18.0 Å². The first-order valence-electron chi connectivity index (χ1n) is 9.96. The van der Waals surface area contributed by atoms with Crippen LogP contribution >= 0.6 is 11.8 Å². The Hall–Kier alpha value is -2.81. The number of nitrogens with one attached hydrogen (secondary N) is 1. The molecule has 0 radical (unpaired) electrons. The third-order valence-electron chi connectivity index (χ3n) is 5.09. The summed E-state index contributed by atoms with van der Waals surface area (Å²) < 4.78 is 33.0. The van der Waals surface area contributed by atoms with Gasteiger partial charge >= 0.3 is 0 Å². The molecule has 3 aromatic rings. The monoisotopic (exact) mass is 470 g/mol. The fourth-order valence-corrected chi connectivity index (χ4v) is 5.12. The van der Waals surface area contributed by atoms with Crippen molar-refractivity contribution in [3.8, 4) is 5.75 Å². The normalized spacial score (nSPS) is 12.4. The molecule has 6 nitrogen and oxygen atoms in total. The molecular formula is C24H26N2O4S2. The van der Waals surface area contributed by atoms with Gasteiger partial charge in [0.15, 0.2) is 0 Å². The summed E-state index contributed by atoms with van der Waals surface area (Å²) >= 11 is 1.58. The average molecular weight is 471 g/mol. The van der Waals surface area contributed by atoms with Crippen molar-refractivity contribution < 1.29 is 17.9 Å². The van der Waals surface area contributed by atoms with E-state index < -0.39 is 16.1 Å². The number of amides is 1. The van der Waals surface area contributed by atoms with E-state index in [1.54, 1.807) is 73.5 Å². The smallest absolute Gasteiger partial charge is 0.243 e. The van der Waals surface area contributed by atoms with Crippen LogP contribution in [0.15, 0.2) is 88.7 Å². The van der Waals surface area contributed by atoms with Crippen molar-refractivity contribution in [3.63, 3.8) is 0 Å². The lowest BCUT2D eigenvalue weighted by Crippen LogP contribution is -2.33. The molecule has 0 unspecified atom stereocenters. The summed E-state index contributed by atoms with van der Waals surface area (Å²) in [6.45, 7) is 0. The fourth-order valence-electron chi connectivity index (χ4n) is 3.30. The summed E-state index contributed by atoms with van der Waals surface area (Å²) in [5.74, 6) is 0.374. The number of anilines is 1. The van der Waals surface area contributed by atoms with Gasteiger partial charge < -0.3 is 10.1 Å². The zero-order chi connectivity index (χ0) is 23.1. The lowest BCUT2D eigenvalue weighted by molar-refractivity contribution is -0.117. The lowest BCUT2D eigenvalue weighted by Gasteiger charge is -2.28. The number of thioether (sulfide) groups is 1. The van der Waals surface area contributed by atoms with E-state index in [0.29, 0.717) is 17.0 Å². The molecule has 3 rings (SSSR count). The fraction of sp³-hybridized carbons (Fsp3) is 0.208. The highest BCUT2D eigenvalue weighted by atomic mass is 32.2. The number of hydrogen-bond acceptors (Lipinski definition) is 5. The number of carbonyl (C=O) groups is 1. The Morgan fingerprint density at radius 1 is 1.03 bits per heavy atom. The molecule has 0 aliphatic carbocycles. The number of benzene rings is 3. The molecule has 1 atom stereocenters. The van der Waals surface area contributed by atoms with Gasteiger partial charge in [0.2, 0.25) is 15.9 Å². The van der Waals surface area contributed by atoms with E-state index in [-0.39, 0.29) is 17.2 Å². The molecule has 1 N–H and O–H groups in total. The molecule has 0 saturated carbocycles. The van der Waals surface area contributed by atoms with Gasteiger partial charge in [-0.15, -0.1) is 11.8 Å². The molecule has 0 aromatic heterocycles. The maximum absolute atomic E-state index is 13.3. The van der Waals surface area contributed by atoms with Crippen LogP contribution in [0.25, 0.3) is 0 Å². The summed E-state index contributed by atoms with van der Waals surface area (Å²) in [6.07, 6.45) is 1.92. The van der Waals surface area contributed by atoms with Crippen LogP contribution in [0.5, 0.6) is 5.75 Å². The number of rotatable bonds is 9. The molecule has 32 heavy (non-hydrogen) atoms. The van der Waals surface area contributed by atoms with Gasteiger partial charge in [0.25, 0.3) is 0 Å². The van der Waals surface area contributed by atoms with E-state index in [9.17, 15) is 13.2 Å². The van der Waals surface area contributed by atoms with Gasteiger partial charge in [0, 0.05) is 24.1 Å². The van der Waals surface area contributed by atoms with Crippen molar-refractivity contribution >= 4 is 33.4 Å². The highest BCUT2D eigenvalue weighted by Crippen LogP contribution is 2.30. The number of nitrogens with zero attached hydrogens (tertiary/aromatic N) is 1. The van der Waals surface area contributed by atoms with Gasteiger partial charge in [0.1, 0.15) is 5.75 Å². The standard InChI is InChI=1S/C24H26N2O4S2/c1-26(32(28,29)22-10-5-4-6-11-22)23(18-12-14-20(30-2)15-13-18)17-24(27)25-19-8-7-9-21(16-19)31-3/h4-16,23H,17H2,1-3H3,(H,25,27)/t23-/m0/s1. The maximum Gasteiger partial charge on any atom is 0.243 e. The second-order valence-corrected chi connectivity index (χ2v) is 9.98. The number of ether oxygens (including phenoxy) is 1. The van der Waals surface area contributed by atoms with Gasteiger partial charge in [-0.3, -0.25) is 4.79 Å². The minimum absolute atomic E-state index is 0.0433. The summed E-state index contributed by atoms with van der Waals surface area (Å²) in [5.41, 5.74) is 1.37. The third kappa shape index (κ3) is 5.70. The molecule has 8 heteroatoms.